The highest BCUT2D eigenvalue weighted by atomic mass is 32.2. The van der Waals surface area contributed by atoms with Crippen LogP contribution in [0.2, 0.25) is 0 Å². The molecule has 0 bridgehead atoms. The molecule has 1 aromatic carbocycles. The van der Waals surface area contributed by atoms with Crippen LogP contribution in [0.3, 0.4) is 0 Å². The molecule has 0 saturated heterocycles. The van der Waals surface area contributed by atoms with Crippen LogP contribution in [0, 0.1) is 0 Å². The van der Waals surface area contributed by atoms with Crippen LogP contribution in [0.5, 0.6) is 0 Å². The van der Waals surface area contributed by atoms with E-state index in [2.05, 4.69) is 0 Å². The molecular formula is C12H16N2O3S. The van der Waals surface area contributed by atoms with E-state index in [1.807, 2.05) is 0 Å². The first-order valence-electron chi connectivity index (χ1n) is 5.40. The molecule has 1 unspecified atom stereocenters. The third kappa shape index (κ3) is 4.29. The van der Waals surface area contributed by atoms with Gasteiger partial charge in [0.15, 0.2) is 0 Å². The van der Waals surface area contributed by atoms with Crippen molar-refractivity contribution in [3.05, 3.63) is 29.8 Å². The summed E-state index contributed by atoms with van der Waals surface area (Å²) in [5.74, 6) is -1.28. The summed E-state index contributed by atoms with van der Waals surface area (Å²) in [7, 11) is -1.06. The number of hydrogen-bond acceptors (Lipinski definition) is 3. The second-order valence-electron chi connectivity index (χ2n) is 4.06. The Morgan fingerprint density at radius 1 is 1.11 bits per heavy atom. The van der Waals surface area contributed by atoms with Crippen molar-refractivity contribution in [1.82, 2.24) is 0 Å². The van der Waals surface area contributed by atoms with Gasteiger partial charge in [-0.3, -0.25) is 13.8 Å². The fraction of sp³-hybridized carbons (Fsp3) is 0.333. The van der Waals surface area contributed by atoms with Crippen LogP contribution in [0.1, 0.15) is 24.3 Å². The number of hydrogen-bond donors (Lipinski definition) is 2. The second kappa shape index (κ2) is 6.30. The molecule has 18 heavy (non-hydrogen) atoms. The second-order valence-corrected chi connectivity index (χ2v) is 5.44. The lowest BCUT2D eigenvalue weighted by Crippen LogP contribution is -2.20. The third-order valence-electron chi connectivity index (χ3n) is 2.58. The van der Waals surface area contributed by atoms with Crippen LogP contribution in [0.4, 0.5) is 0 Å². The Morgan fingerprint density at radius 3 is 1.89 bits per heavy atom. The van der Waals surface area contributed by atoms with Crippen molar-refractivity contribution in [3.63, 3.8) is 0 Å². The van der Waals surface area contributed by atoms with E-state index in [-0.39, 0.29) is 18.8 Å². The summed E-state index contributed by atoms with van der Waals surface area (Å²) in [4.78, 5) is 22.6. The van der Waals surface area contributed by atoms with E-state index in [4.69, 9.17) is 11.5 Å². The molecule has 0 aliphatic carbocycles. The highest BCUT2D eigenvalue weighted by molar-refractivity contribution is 7.84. The third-order valence-corrected chi connectivity index (χ3v) is 3.51. The molecule has 1 rings (SSSR count). The van der Waals surface area contributed by atoms with Gasteiger partial charge in [-0.25, -0.2) is 0 Å². The Hall–Kier alpha value is -1.69. The smallest absolute Gasteiger partial charge is 0.218 e. The zero-order valence-electron chi connectivity index (χ0n) is 10.1. The molecule has 6 heteroatoms. The van der Waals surface area contributed by atoms with Gasteiger partial charge in [0.2, 0.25) is 11.8 Å². The number of primary amides is 2. The first-order valence-corrected chi connectivity index (χ1v) is 6.96. The molecule has 1 atom stereocenters. The van der Waals surface area contributed by atoms with E-state index >= 15 is 0 Å². The number of nitrogens with two attached hydrogens (primary N) is 2. The lowest BCUT2D eigenvalue weighted by Gasteiger charge is -2.14. The van der Waals surface area contributed by atoms with Crippen LogP contribution in [-0.2, 0) is 20.4 Å². The summed E-state index contributed by atoms with van der Waals surface area (Å²) in [6.45, 7) is 0. The molecule has 0 heterocycles. The molecule has 2 amide bonds. The monoisotopic (exact) mass is 268 g/mol. The number of carbonyl (C=O) groups is 2. The van der Waals surface area contributed by atoms with Gasteiger partial charge in [-0.2, -0.15) is 0 Å². The van der Waals surface area contributed by atoms with E-state index in [1.165, 1.54) is 0 Å². The summed E-state index contributed by atoms with van der Waals surface area (Å²) >= 11 is 0. The average Bonchev–Trinajstić information content (AvgIpc) is 2.27. The molecule has 0 aromatic heterocycles. The van der Waals surface area contributed by atoms with Gasteiger partial charge in [-0.05, 0) is 17.7 Å². The maximum atomic E-state index is 11.2. The standard InChI is InChI=1S/C12H16N2O3S/c1-18(17)10-4-2-8(3-5-10)9(6-11(13)15)7-12(14)16/h2-5,9H,6-7H2,1H3,(H2,13,15)(H2,14,16). The zero-order chi connectivity index (χ0) is 13.7. The maximum Gasteiger partial charge on any atom is 0.218 e. The Labute approximate surface area is 108 Å². The van der Waals surface area contributed by atoms with Gasteiger partial charge < -0.3 is 11.5 Å². The minimum atomic E-state index is -1.06. The Bertz CT molecular complexity index is 455. The Morgan fingerprint density at radius 2 is 1.56 bits per heavy atom. The maximum absolute atomic E-state index is 11.2. The fourth-order valence-corrected chi connectivity index (χ4v) is 2.24. The topological polar surface area (TPSA) is 103 Å². The van der Waals surface area contributed by atoms with Crippen molar-refractivity contribution in [1.29, 1.82) is 0 Å². The van der Waals surface area contributed by atoms with E-state index in [0.29, 0.717) is 4.90 Å². The van der Waals surface area contributed by atoms with E-state index in [0.717, 1.165) is 5.56 Å². The lowest BCUT2D eigenvalue weighted by molar-refractivity contribution is -0.119. The van der Waals surface area contributed by atoms with Crippen molar-refractivity contribution in [2.24, 2.45) is 11.5 Å². The summed E-state index contributed by atoms with van der Waals surface area (Å²) < 4.78 is 11.2. The summed E-state index contributed by atoms with van der Waals surface area (Å²) in [5, 5.41) is 0. The zero-order valence-corrected chi connectivity index (χ0v) is 10.9. The minimum absolute atomic E-state index is 0.0670. The molecule has 0 fully saturated rings. The van der Waals surface area contributed by atoms with Crippen molar-refractivity contribution in [2.45, 2.75) is 23.7 Å². The first kappa shape index (κ1) is 14.4. The number of benzene rings is 1. The van der Waals surface area contributed by atoms with E-state index < -0.39 is 22.6 Å². The number of carbonyl (C=O) groups excluding carboxylic acids is 2. The largest absolute Gasteiger partial charge is 0.370 e. The van der Waals surface area contributed by atoms with Gasteiger partial charge in [-0.15, -0.1) is 0 Å². The van der Waals surface area contributed by atoms with Gasteiger partial charge in [-0.1, -0.05) is 12.1 Å². The van der Waals surface area contributed by atoms with Gasteiger partial charge in [0.05, 0.1) is 0 Å². The number of amides is 2. The predicted octanol–water partition coefficient (Wildman–Crippen LogP) is 0.258. The summed E-state index contributed by atoms with van der Waals surface area (Å²) in [5.41, 5.74) is 11.1. The van der Waals surface area contributed by atoms with Gasteiger partial charge in [0.1, 0.15) is 0 Å². The molecule has 4 N–H and O–H groups in total. The molecule has 98 valence electrons. The molecule has 0 aliphatic rings. The van der Waals surface area contributed by atoms with Gasteiger partial charge >= 0.3 is 0 Å². The molecular weight excluding hydrogens is 252 g/mol. The Kier molecular flexibility index (Phi) is 5.03. The molecule has 5 nitrogen and oxygen atoms in total. The summed E-state index contributed by atoms with van der Waals surface area (Å²) in [6, 6.07) is 6.90. The van der Waals surface area contributed by atoms with Crippen LogP contribution >= 0.6 is 0 Å². The van der Waals surface area contributed by atoms with E-state index in [1.54, 1.807) is 30.5 Å². The van der Waals surface area contributed by atoms with Crippen LogP contribution < -0.4 is 11.5 Å². The normalized spacial score (nSPS) is 12.3. The van der Waals surface area contributed by atoms with Crippen molar-refractivity contribution in [2.75, 3.05) is 6.26 Å². The SMILES string of the molecule is CS(=O)c1ccc(C(CC(N)=O)CC(N)=O)cc1. The Balaban J connectivity index is 2.93. The summed E-state index contributed by atoms with van der Waals surface area (Å²) in [6.07, 6.45) is 1.72. The van der Waals surface area contributed by atoms with Gasteiger partial charge in [0, 0.05) is 40.7 Å². The first-order chi connectivity index (χ1) is 8.40. The molecule has 0 saturated carbocycles. The highest BCUT2D eigenvalue weighted by Crippen LogP contribution is 2.24. The average molecular weight is 268 g/mol. The van der Waals surface area contributed by atoms with Crippen LogP contribution in [0.15, 0.2) is 29.2 Å². The van der Waals surface area contributed by atoms with Gasteiger partial charge in [0.25, 0.3) is 0 Å². The van der Waals surface area contributed by atoms with Crippen molar-refractivity contribution in [3.8, 4) is 0 Å². The van der Waals surface area contributed by atoms with Crippen LogP contribution in [0.25, 0.3) is 0 Å². The minimum Gasteiger partial charge on any atom is -0.370 e. The number of rotatable bonds is 6. The highest BCUT2D eigenvalue weighted by Gasteiger charge is 2.17. The van der Waals surface area contributed by atoms with Crippen molar-refractivity contribution < 1.29 is 13.8 Å². The lowest BCUT2D eigenvalue weighted by atomic mass is 9.92. The molecule has 0 aliphatic heterocycles. The molecule has 0 radical (unpaired) electrons. The molecule has 1 aromatic rings. The molecule has 0 spiro atoms. The van der Waals surface area contributed by atoms with Crippen molar-refractivity contribution >= 4 is 22.6 Å². The predicted molar refractivity (Wildman–Crippen MR) is 69.1 cm³/mol. The quantitative estimate of drug-likeness (QED) is 0.773. The van der Waals surface area contributed by atoms with E-state index in [9.17, 15) is 13.8 Å². The fourth-order valence-electron chi connectivity index (χ4n) is 1.73. The van der Waals surface area contributed by atoms with Crippen LogP contribution in [-0.4, -0.2) is 22.3 Å².